The molecule has 1 aliphatic rings. The molecule has 138 valence electrons. The minimum Gasteiger partial charge on any atom is -0.368 e. The number of rotatable bonds is 2. The van der Waals surface area contributed by atoms with Crippen LogP contribution in [0.15, 0.2) is 30.6 Å². The Morgan fingerprint density at radius 2 is 2.15 bits per heavy atom. The van der Waals surface area contributed by atoms with Crippen molar-refractivity contribution in [1.82, 2.24) is 29.4 Å². The number of anilines is 2. The number of nitrogens with zero attached hydrogens (tertiary/aromatic N) is 7. The highest BCUT2D eigenvalue weighted by Gasteiger charge is 2.26. The molecule has 0 bridgehead atoms. The highest BCUT2D eigenvalue weighted by Crippen LogP contribution is 2.31. The number of halogens is 1. The first-order valence-electron chi connectivity index (χ1n) is 8.94. The molecule has 0 aliphatic carbocycles. The van der Waals surface area contributed by atoms with Crippen molar-refractivity contribution in [3.63, 3.8) is 0 Å². The van der Waals surface area contributed by atoms with Crippen molar-refractivity contribution in [2.45, 2.75) is 18.8 Å². The number of para-hydroxylation sites is 1. The molecule has 4 aromatic rings. The van der Waals surface area contributed by atoms with Crippen molar-refractivity contribution < 1.29 is 0 Å². The van der Waals surface area contributed by atoms with Crippen LogP contribution >= 0.6 is 11.6 Å². The zero-order valence-corrected chi connectivity index (χ0v) is 15.6. The zero-order chi connectivity index (χ0) is 18.5. The molecule has 4 heterocycles. The number of benzene rings is 1. The first kappa shape index (κ1) is 16.3. The molecule has 0 unspecified atom stereocenters. The lowest BCUT2D eigenvalue weighted by Crippen LogP contribution is -2.34. The van der Waals surface area contributed by atoms with Gasteiger partial charge < -0.3 is 10.6 Å². The predicted molar refractivity (Wildman–Crippen MR) is 105 cm³/mol. The van der Waals surface area contributed by atoms with Gasteiger partial charge in [0.2, 0.25) is 5.95 Å². The first-order valence-corrected chi connectivity index (χ1v) is 9.32. The molecule has 1 fully saturated rings. The average Bonchev–Trinajstić information content (AvgIpc) is 3.30. The van der Waals surface area contributed by atoms with Gasteiger partial charge in [-0.2, -0.15) is 9.61 Å². The van der Waals surface area contributed by atoms with Gasteiger partial charge in [-0.1, -0.05) is 17.7 Å². The van der Waals surface area contributed by atoms with E-state index in [1.165, 1.54) is 0 Å². The molecule has 1 atom stereocenters. The largest absolute Gasteiger partial charge is 0.368 e. The van der Waals surface area contributed by atoms with Crippen molar-refractivity contribution >= 4 is 39.8 Å². The standard InChI is InChI=1S/C18H19ClN8/c1-25-10-12(8-21-25)26-7-3-4-11(9-26)16-23-17-13-5-2-6-14(19)15(13)22-18(20)27(17)24-16/h2,5-6,8,10-11H,3-4,7,9H2,1H3,(H2,20,22)/t11-/m0/s1. The number of piperidine rings is 1. The van der Waals surface area contributed by atoms with Crippen LogP contribution in [0.1, 0.15) is 24.6 Å². The summed E-state index contributed by atoms with van der Waals surface area (Å²) in [5, 5.41) is 10.4. The van der Waals surface area contributed by atoms with Crippen LogP contribution in [-0.4, -0.2) is 42.5 Å². The molecule has 9 heteroatoms. The van der Waals surface area contributed by atoms with Gasteiger partial charge in [-0.25, -0.2) is 9.97 Å². The van der Waals surface area contributed by atoms with E-state index in [1.54, 1.807) is 10.6 Å². The maximum absolute atomic E-state index is 6.28. The van der Waals surface area contributed by atoms with Crippen LogP contribution in [0.2, 0.25) is 5.02 Å². The van der Waals surface area contributed by atoms with Crippen LogP contribution in [0.3, 0.4) is 0 Å². The zero-order valence-electron chi connectivity index (χ0n) is 14.9. The van der Waals surface area contributed by atoms with Gasteiger partial charge in [-0.15, -0.1) is 5.10 Å². The van der Waals surface area contributed by atoms with Crippen LogP contribution in [0.25, 0.3) is 16.6 Å². The molecular weight excluding hydrogens is 364 g/mol. The highest BCUT2D eigenvalue weighted by molar-refractivity contribution is 6.35. The van der Waals surface area contributed by atoms with Gasteiger partial charge in [-0.05, 0) is 25.0 Å². The van der Waals surface area contributed by atoms with Gasteiger partial charge in [0.15, 0.2) is 11.5 Å². The Morgan fingerprint density at radius 3 is 2.96 bits per heavy atom. The minimum atomic E-state index is 0.229. The SMILES string of the molecule is Cn1cc(N2CCC[C@H](c3nc4c5cccc(Cl)c5nc(N)n4n3)C2)cn1. The smallest absolute Gasteiger partial charge is 0.223 e. The number of hydrogen-bond acceptors (Lipinski definition) is 6. The number of nitrogen functional groups attached to an aromatic ring is 1. The molecule has 8 nitrogen and oxygen atoms in total. The van der Waals surface area contributed by atoms with Crippen molar-refractivity contribution in [2.75, 3.05) is 23.7 Å². The van der Waals surface area contributed by atoms with E-state index in [4.69, 9.17) is 22.3 Å². The Labute approximate surface area is 160 Å². The average molecular weight is 383 g/mol. The van der Waals surface area contributed by atoms with Crippen molar-refractivity contribution in [1.29, 1.82) is 0 Å². The van der Waals surface area contributed by atoms with E-state index < -0.39 is 0 Å². The third-order valence-electron chi connectivity index (χ3n) is 5.14. The number of nitrogens with two attached hydrogens (primary N) is 1. The molecule has 1 aliphatic heterocycles. The summed E-state index contributed by atoms with van der Waals surface area (Å²) in [5.74, 6) is 1.32. The van der Waals surface area contributed by atoms with Crippen molar-refractivity contribution in [3.8, 4) is 0 Å². The second-order valence-electron chi connectivity index (χ2n) is 6.97. The van der Waals surface area contributed by atoms with Crippen molar-refractivity contribution in [3.05, 3.63) is 41.4 Å². The van der Waals surface area contributed by atoms with Gasteiger partial charge in [0.25, 0.3) is 0 Å². The summed E-state index contributed by atoms with van der Waals surface area (Å²) in [7, 11) is 1.93. The second kappa shape index (κ2) is 6.09. The first-order chi connectivity index (χ1) is 13.1. The third-order valence-corrected chi connectivity index (χ3v) is 5.44. The molecule has 5 rings (SSSR count). The van der Waals surface area contributed by atoms with Gasteiger partial charge >= 0.3 is 0 Å². The quantitative estimate of drug-likeness (QED) is 0.573. The topological polar surface area (TPSA) is 90.2 Å². The number of fused-ring (bicyclic) bond motifs is 3. The van der Waals surface area contributed by atoms with E-state index in [1.807, 2.05) is 36.3 Å². The molecule has 0 saturated carbocycles. The van der Waals surface area contributed by atoms with Crippen LogP contribution in [0.4, 0.5) is 11.6 Å². The normalized spacial score (nSPS) is 17.9. The fourth-order valence-electron chi connectivity index (χ4n) is 3.80. The number of aromatic nitrogens is 6. The summed E-state index contributed by atoms with van der Waals surface area (Å²) in [4.78, 5) is 11.6. The summed E-state index contributed by atoms with van der Waals surface area (Å²) in [6, 6.07) is 5.64. The van der Waals surface area contributed by atoms with Crippen LogP contribution in [-0.2, 0) is 7.05 Å². The lowest BCUT2D eigenvalue weighted by atomic mass is 9.97. The molecule has 27 heavy (non-hydrogen) atoms. The fourth-order valence-corrected chi connectivity index (χ4v) is 4.02. The van der Waals surface area contributed by atoms with Gasteiger partial charge in [0, 0.05) is 37.6 Å². The third kappa shape index (κ3) is 2.68. The molecule has 0 spiro atoms. The summed E-state index contributed by atoms with van der Waals surface area (Å²) in [5.41, 5.74) is 8.61. The van der Waals surface area contributed by atoms with Crippen LogP contribution in [0, 0.1) is 0 Å². The van der Waals surface area contributed by atoms with E-state index in [0.717, 1.165) is 42.8 Å². The van der Waals surface area contributed by atoms with E-state index in [0.29, 0.717) is 22.1 Å². The van der Waals surface area contributed by atoms with E-state index in [9.17, 15) is 0 Å². The molecule has 1 saturated heterocycles. The van der Waals surface area contributed by atoms with E-state index >= 15 is 0 Å². The van der Waals surface area contributed by atoms with Gasteiger partial charge in [-0.3, -0.25) is 4.68 Å². The number of aryl methyl sites for hydroxylation is 1. The molecule has 2 N–H and O–H groups in total. The second-order valence-corrected chi connectivity index (χ2v) is 7.38. The maximum atomic E-state index is 6.28. The number of hydrogen-bond donors (Lipinski definition) is 1. The molecular formula is C18H19ClN8. The van der Waals surface area contributed by atoms with E-state index in [2.05, 4.69) is 20.1 Å². The summed E-state index contributed by atoms with van der Waals surface area (Å²) < 4.78 is 3.45. The molecule has 0 radical (unpaired) electrons. The van der Waals surface area contributed by atoms with E-state index in [-0.39, 0.29) is 5.92 Å². The van der Waals surface area contributed by atoms with Gasteiger partial charge in [0.1, 0.15) is 0 Å². The summed E-state index contributed by atoms with van der Waals surface area (Å²) >= 11 is 6.28. The van der Waals surface area contributed by atoms with Crippen LogP contribution in [0.5, 0.6) is 0 Å². The predicted octanol–water partition coefficient (Wildman–Crippen LogP) is 2.63. The highest BCUT2D eigenvalue weighted by atomic mass is 35.5. The Kier molecular flexibility index (Phi) is 3.68. The van der Waals surface area contributed by atoms with Crippen molar-refractivity contribution in [2.24, 2.45) is 7.05 Å². The molecule has 1 aromatic carbocycles. The fraction of sp³-hybridized carbons (Fsp3) is 0.333. The Hall–Kier alpha value is -2.87. The molecule has 0 amide bonds. The molecule has 3 aromatic heterocycles. The summed E-state index contributed by atoms with van der Waals surface area (Å²) in [6.45, 7) is 1.87. The Bertz CT molecular complexity index is 1150. The maximum Gasteiger partial charge on any atom is 0.223 e. The Morgan fingerprint density at radius 1 is 1.26 bits per heavy atom. The minimum absolute atomic E-state index is 0.229. The van der Waals surface area contributed by atoms with Gasteiger partial charge in [0.05, 0.1) is 22.4 Å². The summed E-state index contributed by atoms with van der Waals surface area (Å²) in [6.07, 6.45) is 6.06. The Balaban J connectivity index is 1.56. The lowest BCUT2D eigenvalue weighted by molar-refractivity contribution is 0.491. The lowest BCUT2D eigenvalue weighted by Gasteiger charge is -2.32. The van der Waals surface area contributed by atoms with Crippen LogP contribution < -0.4 is 10.6 Å². The monoisotopic (exact) mass is 382 g/mol.